The standard InChI is InChI=1S/C9H2BrClF6O/c10-6-4(9(15,16)17)2-1-3(8(12,13)14)5(6)7(11)18/h1-2H. The van der Waals surface area contributed by atoms with Crippen molar-refractivity contribution in [1.82, 2.24) is 0 Å². The summed E-state index contributed by atoms with van der Waals surface area (Å²) in [4.78, 5) is 10.9. The van der Waals surface area contributed by atoms with Crippen molar-refractivity contribution in [3.8, 4) is 0 Å². The van der Waals surface area contributed by atoms with E-state index in [4.69, 9.17) is 11.6 Å². The Balaban J connectivity index is 3.64. The first-order valence-corrected chi connectivity index (χ1v) is 5.30. The van der Waals surface area contributed by atoms with Crippen LogP contribution >= 0.6 is 27.5 Å². The van der Waals surface area contributed by atoms with E-state index in [1.165, 1.54) is 0 Å². The molecule has 0 aromatic heterocycles. The number of halogens is 8. The van der Waals surface area contributed by atoms with Crippen LogP contribution in [0.25, 0.3) is 0 Å². The summed E-state index contributed by atoms with van der Waals surface area (Å²) in [6, 6.07) is 0.402. The number of hydrogen-bond donors (Lipinski definition) is 0. The fourth-order valence-electron chi connectivity index (χ4n) is 1.22. The molecule has 0 unspecified atom stereocenters. The van der Waals surface area contributed by atoms with E-state index in [0.717, 1.165) is 0 Å². The van der Waals surface area contributed by atoms with Gasteiger partial charge in [-0.05, 0) is 39.7 Å². The molecule has 0 saturated carbocycles. The average Bonchev–Trinajstić information content (AvgIpc) is 2.12. The van der Waals surface area contributed by atoms with Crippen LogP contribution in [0.4, 0.5) is 26.3 Å². The lowest BCUT2D eigenvalue weighted by Gasteiger charge is -2.16. The van der Waals surface area contributed by atoms with E-state index < -0.39 is 38.8 Å². The van der Waals surface area contributed by atoms with E-state index in [9.17, 15) is 31.1 Å². The molecule has 0 aliphatic heterocycles. The molecule has 9 heteroatoms. The third kappa shape index (κ3) is 2.97. The fourth-order valence-corrected chi connectivity index (χ4v) is 2.28. The van der Waals surface area contributed by atoms with Gasteiger partial charge in [-0.15, -0.1) is 0 Å². The van der Waals surface area contributed by atoms with E-state index in [-0.39, 0.29) is 12.1 Å². The summed E-state index contributed by atoms with van der Waals surface area (Å²) in [6.45, 7) is 0. The second-order valence-electron chi connectivity index (χ2n) is 3.12. The molecule has 0 spiro atoms. The van der Waals surface area contributed by atoms with Crippen LogP contribution in [-0.4, -0.2) is 5.24 Å². The normalized spacial score (nSPS) is 12.7. The Morgan fingerprint density at radius 3 is 1.72 bits per heavy atom. The summed E-state index contributed by atoms with van der Waals surface area (Å²) >= 11 is 7.24. The molecule has 0 heterocycles. The first kappa shape index (κ1) is 15.3. The maximum absolute atomic E-state index is 12.5. The van der Waals surface area contributed by atoms with E-state index in [2.05, 4.69) is 15.9 Å². The SMILES string of the molecule is O=C(Cl)c1c(C(F)(F)F)ccc(C(F)(F)F)c1Br. The van der Waals surface area contributed by atoms with Crippen molar-refractivity contribution in [3.63, 3.8) is 0 Å². The van der Waals surface area contributed by atoms with Gasteiger partial charge in [-0.25, -0.2) is 0 Å². The zero-order valence-corrected chi connectivity index (χ0v) is 10.4. The Labute approximate surface area is 110 Å². The zero-order chi connectivity index (χ0) is 14.3. The zero-order valence-electron chi connectivity index (χ0n) is 8.09. The molecule has 0 N–H and O–H groups in total. The van der Waals surface area contributed by atoms with Gasteiger partial charge in [-0.2, -0.15) is 26.3 Å². The van der Waals surface area contributed by atoms with Crippen LogP contribution in [0.5, 0.6) is 0 Å². The van der Waals surface area contributed by atoms with Crippen molar-refractivity contribution in [2.75, 3.05) is 0 Å². The molecule has 1 rings (SSSR count). The third-order valence-corrected chi connectivity index (χ3v) is 2.96. The number of alkyl halides is 6. The van der Waals surface area contributed by atoms with Crippen molar-refractivity contribution < 1.29 is 31.1 Å². The molecule has 18 heavy (non-hydrogen) atoms. The lowest BCUT2D eigenvalue weighted by molar-refractivity contribution is -0.142. The maximum atomic E-state index is 12.5. The summed E-state index contributed by atoms with van der Waals surface area (Å²) in [7, 11) is 0. The smallest absolute Gasteiger partial charge is 0.276 e. The molecule has 0 fully saturated rings. The Bertz CT molecular complexity index is 493. The monoisotopic (exact) mass is 354 g/mol. The van der Waals surface area contributed by atoms with E-state index in [0.29, 0.717) is 0 Å². The summed E-state index contributed by atoms with van der Waals surface area (Å²) in [5.74, 6) is 0. The fraction of sp³-hybridized carbons (Fsp3) is 0.222. The van der Waals surface area contributed by atoms with E-state index >= 15 is 0 Å². The van der Waals surface area contributed by atoms with Gasteiger partial charge in [0, 0.05) is 4.47 Å². The number of benzene rings is 1. The summed E-state index contributed by atoms with van der Waals surface area (Å²) in [6.07, 6.45) is -9.88. The van der Waals surface area contributed by atoms with Crippen LogP contribution in [0.3, 0.4) is 0 Å². The molecule has 0 aliphatic rings. The largest absolute Gasteiger partial charge is 0.417 e. The Morgan fingerprint density at radius 1 is 1.00 bits per heavy atom. The van der Waals surface area contributed by atoms with Crippen LogP contribution < -0.4 is 0 Å². The molecular formula is C9H2BrClF6O. The lowest BCUT2D eigenvalue weighted by atomic mass is 10.0. The van der Waals surface area contributed by atoms with Crippen LogP contribution in [0.2, 0.25) is 0 Å². The highest BCUT2D eigenvalue weighted by atomic mass is 79.9. The molecule has 1 aromatic carbocycles. The van der Waals surface area contributed by atoms with Crippen molar-refractivity contribution in [2.45, 2.75) is 12.4 Å². The van der Waals surface area contributed by atoms with Crippen molar-refractivity contribution >= 4 is 32.8 Å². The van der Waals surface area contributed by atoms with Crippen LogP contribution in [0.15, 0.2) is 16.6 Å². The molecule has 0 amide bonds. The molecule has 0 atom stereocenters. The minimum Gasteiger partial charge on any atom is -0.276 e. The minimum absolute atomic E-state index is 0.170. The van der Waals surface area contributed by atoms with Gasteiger partial charge in [0.05, 0.1) is 16.7 Å². The first-order chi connectivity index (χ1) is 7.96. The lowest BCUT2D eigenvalue weighted by Crippen LogP contribution is -2.15. The van der Waals surface area contributed by atoms with Crippen LogP contribution in [0, 0.1) is 0 Å². The van der Waals surface area contributed by atoms with Gasteiger partial charge in [0.1, 0.15) is 0 Å². The molecule has 0 bridgehead atoms. The topological polar surface area (TPSA) is 17.1 Å². The highest BCUT2D eigenvalue weighted by molar-refractivity contribution is 9.10. The predicted octanol–water partition coefficient (Wildman–Crippen LogP) is 4.87. The Morgan fingerprint density at radius 2 is 1.39 bits per heavy atom. The van der Waals surface area contributed by atoms with Gasteiger partial charge in [0.2, 0.25) is 0 Å². The maximum Gasteiger partial charge on any atom is 0.417 e. The number of rotatable bonds is 1. The second-order valence-corrected chi connectivity index (χ2v) is 4.26. The molecule has 0 saturated heterocycles. The number of carbonyl (C=O) groups excluding carboxylic acids is 1. The molecule has 100 valence electrons. The van der Waals surface area contributed by atoms with Crippen LogP contribution in [-0.2, 0) is 12.4 Å². The van der Waals surface area contributed by atoms with Gasteiger partial charge < -0.3 is 0 Å². The predicted molar refractivity (Wildman–Crippen MR) is 54.3 cm³/mol. The third-order valence-electron chi connectivity index (χ3n) is 1.95. The highest BCUT2D eigenvalue weighted by Crippen LogP contribution is 2.42. The van der Waals surface area contributed by atoms with Crippen LogP contribution in [0.1, 0.15) is 21.5 Å². The molecular weight excluding hydrogens is 353 g/mol. The van der Waals surface area contributed by atoms with E-state index in [1.54, 1.807) is 0 Å². The summed E-state index contributed by atoms with van der Waals surface area (Å²) < 4.78 is 73.9. The number of hydrogen-bond acceptors (Lipinski definition) is 1. The minimum atomic E-state index is -4.98. The van der Waals surface area contributed by atoms with Gasteiger partial charge in [-0.3, -0.25) is 4.79 Å². The van der Waals surface area contributed by atoms with E-state index in [1.807, 2.05) is 0 Å². The Kier molecular flexibility index (Phi) is 4.02. The van der Waals surface area contributed by atoms with Gasteiger partial charge in [0.25, 0.3) is 5.24 Å². The molecule has 1 nitrogen and oxygen atoms in total. The van der Waals surface area contributed by atoms with Crippen molar-refractivity contribution in [3.05, 3.63) is 33.3 Å². The summed E-state index contributed by atoms with van der Waals surface area (Å²) in [5.41, 5.74) is -4.18. The highest BCUT2D eigenvalue weighted by Gasteiger charge is 2.41. The molecule has 1 aromatic rings. The quantitative estimate of drug-likeness (QED) is 0.519. The van der Waals surface area contributed by atoms with Gasteiger partial charge in [0.15, 0.2) is 0 Å². The molecule has 0 radical (unpaired) electrons. The average molecular weight is 355 g/mol. The molecule has 0 aliphatic carbocycles. The van der Waals surface area contributed by atoms with Crippen molar-refractivity contribution in [2.24, 2.45) is 0 Å². The van der Waals surface area contributed by atoms with Gasteiger partial charge in [-0.1, -0.05) is 0 Å². The van der Waals surface area contributed by atoms with Crippen molar-refractivity contribution in [1.29, 1.82) is 0 Å². The second kappa shape index (κ2) is 4.73. The first-order valence-electron chi connectivity index (χ1n) is 4.13. The summed E-state index contributed by atoms with van der Waals surface area (Å²) in [5, 5.41) is -1.62. The number of carbonyl (C=O) groups is 1. The van der Waals surface area contributed by atoms with Gasteiger partial charge >= 0.3 is 12.4 Å². The Hall–Kier alpha value is -0.760.